The number of hydrogen-bond donors (Lipinski definition) is 1. The molecule has 0 aliphatic heterocycles. The van der Waals surface area contributed by atoms with E-state index in [2.05, 4.69) is 39.7 Å². The second-order valence-corrected chi connectivity index (χ2v) is 5.13. The summed E-state index contributed by atoms with van der Waals surface area (Å²) in [4.78, 5) is 0. The molecule has 0 aromatic carbocycles. The molecule has 15 heavy (non-hydrogen) atoms. The lowest BCUT2D eigenvalue weighted by molar-refractivity contribution is 0.217. The Kier molecular flexibility index (Phi) is 3.24. The lowest BCUT2D eigenvalue weighted by atomic mass is 9.84. The SMILES string of the molecule is Cc1nn(C(C)C)c(C)c1C(C)(C)CO. The summed E-state index contributed by atoms with van der Waals surface area (Å²) in [6, 6.07) is 0.368. The highest BCUT2D eigenvalue weighted by molar-refractivity contribution is 5.32. The molecule has 0 spiro atoms. The van der Waals surface area contributed by atoms with Gasteiger partial charge in [-0.1, -0.05) is 13.8 Å². The molecule has 0 aliphatic rings. The van der Waals surface area contributed by atoms with Crippen molar-refractivity contribution in [1.29, 1.82) is 0 Å². The lowest BCUT2D eigenvalue weighted by Gasteiger charge is -2.23. The summed E-state index contributed by atoms with van der Waals surface area (Å²) in [6.07, 6.45) is 0. The van der Waals surface area contributed by atoms with E-state index in [-0.39, 0.29) is 12.0 Å². The summed E-state index contributed by atoms with van der Waals surface area (Å²) >= 11 is 0. The zero-order chi connectivity index (χ0) is 11.8. The van der Waals surface area contributed by atoms with E-state index >= 15 is 0 Å². The Morgan fingerprint density at radius 2 is 1.87 bits per heavy atom. The molecule has 1 N–H and O–H groups in total. The van der Waals surface area contributed by atoms with Crippen molar-refractivity contribution in [3.63, 3.8) is 0 Å². The average molecular weight is 210 g/mol. The smallest absolute Gasteiger partial charge is 0.0634 e. The van der Waals surface area contributed by atoms with Crippen LogP contribution in [0.1, 0.15) is 50.7 Å². The number of aliphatic hydroxyl groups is 1. The maximum atomic E-state index is 9.41. The summed E-state index contributed by atoms with van der Waals surface area (Å²) in [5.74, 6) is 0. The van der Waals surface area contributed by atoms with E-state index in [0.29, 0.717) is 6.04 Å². The third-order valence-corrected chi connectivity index (χ3v) is 2.89. The first-order chi connectivity index (χ1) is 6.81. The molecule has 0 saturated carbocycles. The second-order valence-electron chi connectivity index (χ2n) is 5.13. The average Bonchev–Trinajstić information content (AvgIpc) is 2.42. The van der Waals surface area contributed by atoms with Crippen LogP contribution in [0.2, 0.25) is 0 Å². The molecule has 1 aromatic heterocycles. The van der Waals surface area contributed by atoms with Gasteiger partial charge in [-0.05, 0) is 27.7 Å². The van der Waals surface area contributed by atoms with Crippen LogP contribution in [0, 0.1) is 13.8 Å². The molecule has 86 valence electrons. The van der Waals surface area contributed by atoms with E-state index < -0.39 is 0 Å². The summed E-state index contributed by atoms with van der Waals surface area (Å²) in [6.45, 7) is 12.6. The standard InChI is InChI=1S/C12H22N2O/c1-8(2)14-10(4)11(9(3)13-14)12(5,6)7-15/h8,15H,7H2,1-6H3. The van der Waals surface area contributed by atoms with Gasteiger partial charge in [-0.2, -0.15) is 5.10 Å². The summed E-state index contributed by atoms with van der Waals surface area (Å²) in [5, 5.41) is 13.9. The van der Waals surface area contributed by atoms with E-state index in [1.165, 1.54) is 11.3 Å². The molecule has 1 heterocycles. The molecule has 3 nitrogen and oxygen atoms in total. The number of rotatable bonds is 3. The van der Waals surface area contributed by atoms with Gasteiger partial charge in [0.15, 0.2) is 0 Å². The molecule has 0 saturated heterocycles. The predicted octanol–water partition coefficient (Wildman–Crippen LogP) is 2.35. The molecule has 0 fully saturated rings. The quantitative estimate of drug-likeness (QED) is 0.831. The van der Waals surface area contributed by atoms with Gasteiger partial charge in [0.25, 0.3) is 0 Å². The van der Waals surface area contributed by atoms with Gasteiger partial charge in [0.05, 0.1) is 12.3 Å². The Bertz CT molecular complexity index is 351. The number of aliphatic hydroxyl groups excluding tert-OH is 1. The number of hydrogen-bond acceptors (Lipinski definition) is 2. The fourth-order valence-corrected chi connectivity index (χ4v) is 2.22. The van der Waals surface area contributed by atoms with Crippen molar-refractivity contribution < 1.29 is 5.11 Å². The molecule has 3 heteroatoms. The van der Waals surface area contributed by atoms with Crippen LogP contribution >= 0.6 is 0 Å². The van der Waals surface area contributed by atoms with Gasteiger partial charge in [0.1, 0.15) is 0 Å². The summed E-state index contributed by atoms with van der Waals surface area (Å²) in [7, 11) is 0. The first-order valence-corrected chi connectivity index (χ1v) is 5.48. The molecular weight excluding hydrogens is 188 g/mol. The van der Waals surface area contributed by atoms with Gasteiger partial charge < -0.3 is 5.11 Å². The zero-order valence-corrected chi connectivity index (χ0v) is 10.6. The van der Waals surface area contributed by atoms with Gasteiger partial charge in [-0.3, -0.25) is 4.68 Å². The van der Waals surface area contributed by atoms with Crippen LogP contribution < -0.4 is 0 Å². The minimum absolute atomic E-state index is 0.151. The van der Waals surface area contributed by atoms with Gasteiger partial charge in [0, 0.05) is 22.7 Å². The molecule has 0 amide bonds. The number of aryl methyl sites for hydroxylation is 1. The number of aromatic nitrogens is 2. The molecule has 0 bridgehead atoms. The Morgan fingerprint density at radius 1 is 1.33 bits per heavy atom. The van der Waals surface area contributed by atoms with E-state index in [4.69, 9.17) is 0 Å². The van der Waals surface area contributed by atoms with E-state index in [1.54, 1.807) is 0 Å². The third-order valence-electron chi connectivity index (χ3n) is 2.89. The highest BCUT2D eigenvalue weighted by Gasteiger charge is 2.27. The molecule has 0 atom stereocenters. The van der Waals surface area contributed by atoms with E-state index in [9.17, 15) is 5.11 Å². The maximum absolute atomic E-state index is 9.41. The second kappa shape index (κ2) is 3.97. The maximum Gasteiger partial charge on any atom is 0.0634 e. The zero-order valence-electron chi connectivity index (χ0n) is 10.6. The lowest BCUT2D eigenvalue weighted by Crippen LogP contribution is -2.24. The Hall–Kier alpha value is -0.830. The van der Waals surface area contributed by atoms with Crippen LogP contribution in [0.4, 0.5) is 0 Å². The van der Waals surface area contributed by atoms with Crippen LogP contribution in [-0.2, 0) is 5.41 Å². The van der Waals surface area contributed by atoms with Crippen molar-refractivity contribution in [3.8, 4) is 0 Å². The van der Waals surface area contributed by atoms with Gasteiger partial charge in [-0.25, -0.2) is 0 Å². The van der Waals surface area contributed by atoms with Crippen LogP contribution in [0.25, 0.3) is 0 Å². The highest BCUT2D eigenvalue weighted by Crippen LogP contribution is 2.29. The summed E-state index contributed by atoms with van der Waals surface area (Å²) < 4.78 is 2.03. The van der Waals surface area contributed by atoms with Crippen LogP contribution in [0.3, 0.4) is 0 Å². The minimum atomic E-state index is -0.207. The normalized spacial score (nSPS) is 12.5. The Morgan fingerprint density at radius 3 is 2.20 bits per heavy atom. The molecule has 1 aromatic rings. The fourth-order valence-electron chi connectivity index (χ4n) is 2.22. The Labute approximate surface area is 92.1 Å². The molecular formula is C12H22N2O. The molecule has 0 unspecified atom stereocenters. The Balaban J connectivity index is 3.31. The van der Waals surface area contributed by atoms with Crippen LogP contribution in [0.5, 0.6) is 0 Å². The van der Waals surface area contributed by atoms with Gasteiger partial charge in [0.2, 0.25) is 0 Å². The van der Waals surface area contributed by atoms with Gasteiger partial charge >= 0.3 is 0 Å². The van der Waals surface area contributed by atoms with Crippen molar-refractivity contribution >= 4 is 0 Å². The van der Waals surface area contributed by atoms with Crippen molar-refractivity contribution in [2.24, 2.45) is 0 Å². The highest BCUT2D eigenvalue weighted by atomic mass is 16.3. The van der Waals surface area contributed by atoms with Crippen molar-refractivity contribution in [1.82, 2.24) is 9.78 Å². The van der Waals surface area contributed by atoms with Gasteiger partial charge in [-0.15, -0.1) is 0 Å². The van der Waals surface area contributed by atoms with Crippen molar-refractivity contribution in [3.05, 3.63) is 17.0 Å². The number of nitrogens with zero attached hydrogens (tertiary/aromatic N) is 2. The van der Waals surface area contributed by atoms with E-state index in [0.717, 1.165) is 5.69 Å². The minimum Gasteiger partial charge on any atom is -0.395 e. The van der Waals surface area contributed by atoms with Crippen LogP contribution in [0.15, 0.2) is 0 Å². The third kappa shape index (κ3) is 2.07. The summed E-state index contributed by atoms with van der Waals surface area (Å²) in [5.41, 5.74) is 3.17. The molecule has 0 radical (unpaired) electrons. The predicted molar refractivity (Wildman–Crippen MR) is 62.2 cm³/mol. The van der Waals surface area contributed by atoms with Crippen molar-refractivity contribution in [2.75, 3.05) is 6.61 Å². The fraction of sp³-hybridized carbons (Fsp3) is 0.750. The van der Waals surface area contributed by atoms with E-state index in [1.807, 2.05) is 11.6 Å². The molecule has 1 rings (SSSR count). The topological polar surface area (TPSA) is 38.0 Å². The first-order valence-electron chi connectivity index (χ1n) is 5.48. The van der Waals surface area contributed by atoms with Crippen molar-refractivity contribution in [2.45, 2.75) is 53.0 Å². The van der Waals surface area contributed by atoms with Crippen LogP contribution in [-0.4, -0.2) is 21.5 Å². The first kappa shape index (κ1) is 12.2. The monoisotopic (exact) mass is 210 g/mol. The molecule has 0 aliphatic carbocycles. The largest absolute Gasteiger partial charge is 0.395 e.